The molecule has 2 nitrogen and oxygen atoms in total. The number of pyridine rings is 1. The van der Waals surface area contributed by atoms with Gasteiger partial charge in [0.2, 0.25) is 0 Å². The van der Waals surface area contributed by atoms with E-state index >= 15 is 0 Å². The SMILES string of the molecule is FC(F)(F)CCN1CC[C@H](Sc2cc3ccncc3cc2Cl)C1. The molecule has 0 bridgehead atoms. The lowest BCUT2D eigenvalue weighted by atomic mass is 10.2. The summed E-state index contributed by atoms with van der Waals surface area (Å²) in [7, 11) is 0. The van der Waals surface area contributed by atoms with Gasteiger partial charge in [-0.2, -0.15) is 13.2 Å². The van der Waals surface area contributed by atoms with Gasteiger partial charge in [-0.05, 0) is 36.6 Å². The van der Waals surface area contributed by atoms with Gasteiger partial charge >= 0.3 is 6.18 Å². The molecular formula is C16H16ClF3N2S. The molecule has 1 aromatic heterocycles. The molecule has 1 aliphatic rings. The Balaban J connectivity index is 1.63. The van der Waals surface area contributed by atoms with E-state index in [4.69, 9.17) is 11.6 Å². The summed E-state index contributed by atoms with van der Waals surface area (Å²) >= 11 is 7.98. The third-order valence-corrected chi connectivity index (χ3v) is 5.66. The van der Waals surface area contributed by atoms with Crippen molar-refractivity contribution in [2.45, 2.75) is 29.2 Å². The van der Waals surface area contributed by atoms with Gasteiger partial charge in [-0.25, -0.2) is 0 Å². The fourth-order valence-corrected chi connectivity index (χ4v) is 4.28. The highest BCUT2D eigenvalue weighted by Crippen LogP contribution is 2.37. The second kappa shape index (κ2) is 6.87. The Morgan fingerprint density at radius 1 is 1.30 bits per heavy atom. The van der Waals surface area contributed by atoms with Crippen LogP contribution in [0.25, 0.3) is 10.8 Å². The number of thioether (sulfide) groups is 1. The Morgan fingerprint density at radius 2 is 2.13 bits per heavy atom. The van der Waals surface area contributed by atoms with Gasteiger partial charge in [0, 0.05) is 41.0 Å². The van der Waals surface area contributed by atoms with E-state index < -0.39 is 12.6 Å². The average molecular weight is 361 g/mol. The predicted octanol–water partition coefficient (Wildman–Crippen LogP) is 5.01. The van der Waals surface area contributed by atoms with E-state index in [0.717, 1.165) is 22.1 Å². The molecule has 3 rings (SSSR count). The number of aromatic nitrogens is 1. The molecule has 1 aliphatic heterocycles. The van der Waals surface area contributed by atoms with Crippen molar-refractivity contribution in [3.8, 4) is 0 Å². The Labute approximate surface area is 142 Å². The van der Waals surface area contributed by atoms with Crippen LogP contribution in [0.15, 0.2) is 35.5 Å². The first-order valence-electron chi connectivity index (χ1n) is 7.40. The zero-order valence-electron chi connectivity index (χ0n) is 12.3. The Hall–Kier alpha value is -0.980. The topological polar surface area (TPSA) is 16.1 Å². The molecular weight excluding hydrogens is 345 g/mol. The highest BCUT2D eigenvalue weighted by Gasteiger charge is 2.30. The lowest BCUT2D eigenvalue weighted by Gasteiger charge is -2.17. The van der Waals surface area contributed by atoms with Crippen molar-refractivity contribution in [1.82, 2.24) is 9.88 Å². The molecule has 7 heteroatoms. The standard InChI is InChI=1S/C16H16ClF3N2S/c17-14-7-12-9-21-4-1-11(12)8-15(14)23-13-2-5-22(10-13)6-3-16(18,19)20/h1,4,7-9,13H,2-3,5-6,10H2/t13-/m0/s1. The molecule has 1 fully saturated rings. The highest BCUT2D eigenvalue weighted by atomic mass is 35.5. The minimum atomic E-state index is -4.08. The van der Waals surface area contributed by atoms with E-state index in [2.05, 4.69) is 4.98 Å². The van der Waals surface area contributed by atoms with Crippen LogP contribution in [0.3, 0.4) is 0 Å². The van der Waals surface area contributed by atoms with E-state index in [-0.39, 0.29) is 11.8 Å². The van der Waals surface area contributed by atoms with E-state index in [1.165, 1.54) is 0 Å². The predicted molar refractivity (Wildman–Crippen MR) is 88.1 cm³/mol. The van der Waals surface area contributed by atoms with Crippen LogP contribution in [0.2, 0.25) is 5.02 Å². The van der Waals surface area contributed by atoms with Crippen molar-refractivity contribution >= 4 is 34.1 Å². The molecule has 0 amide bonds. The van der Waals surface area contributed by atoms with Gasteiger partial charge in [-0.3, -0.25) is 4.98 Å². The number of hydrogen-bond acceptors (Lipinski definition) is 3. The van der Waals surface area contributed by atoms with Gasteiger partial charge in [0.25, 0.3) is 0 Å². The first-order chi connectivity index (χ1) is 10.9. The number of hydrogen-bond donors (Lipinski definition) is 0. The summed E-state index contributed by atoms with van der Waals surface area (Å²) < 4.78 is 36.9. The third kappa shape index (κ3) is 4.52. The second-order valence-corrected chi connectivity index (χ2v) is 7.45. The van der Waals surface area contributed by atoms with Crippen LogP contribution in [0.4, 0.5) is 13.2 Å². The lowest BCUT2D eigenvalue weighted by molar-refractivity contribution is -0.137. The molecule has 23 heavy (non-hydrogen) atoms. The normalized spacial score (nSPS) is 19.6. The van der Waals surface area contributed by atoms with Crippen molar-refractivity contribution in [2.24, 2.45) is 0 Å². The summed E-state index contributed by atoms with van der Waals surface area (Å²) in [6.45, 7) is 1.46. The molecule has 0 N–H and O–H groups in total. The number of nitrogens with zero attached hydrogens (tertiary/aromatic N) is 2. The Morgan fingerprint density at radius 3 is 2.91 bits per heavy atom. The van der Waals surface area contributed by atoms with Crippen LogP contribution in [-0.2, 0) is 0 Å². The van der Waals surface area contributed by atoms with Crippen molar-refractivity contribution in [1.29, 1.82) is 0 Å². The Kier molecular flexibility index (Phi) is 5.04. The van der Waals surface area contributed by atoms with Crippen LogP contribution in [0, 0.1) is 0 Å². The van der Waals surface area contributed by atoms with Gasteiger partial charge in [0.15, 0.2) is 0 Å². The third-order valence-electron chi connectivity index (χ3n) is 3.93. The zero-order valence-corrected chi connectivity index (χ0v) is 13.9. The monoisotopic (exact) mass is 360 g/mol. The molecule has 0 saturated carbocycles. The van der Waals surface area contributed by atoms with Crippen LogP contribution >= 0.6 is 23.4 Å². The zero-order chi connectivity index (χ0) is 16.4. The summed E-state index contributed by atoms with van der Waals surface area (Å²) in [4.78, 5) is 6.93. The van der Waals surface area contributed by atoms with Crippen LogP contribution in [-0.4, -0.2) is 40.9 Å². The maximum Gasteiger partial charge on any atom is 0.390 e. The van der Waals surface area contributed by atoms with Crippen molar-refractivity contribution in [3.05, 3.63) is 35.6 Å². The summed E-state index contributed by atoms with van der Waals surface area (Å²) in [6.07, 6.45) is -0.439. The molecule has 0 radical (unpaired) electrons. The maximum atomic E-state index is 12.3. The van der Waals surface area contributed by atoms with Crippen molar-refractivity contribution in [3.63, 3.8) is 0 Å². The minimum absolute atomic E-state index is 0.0810. The molecule has 0 aliphatic carbocycles. The molecule has 1 aromatic carbocycles. The van der Waals surface area contributed by atoms with E-state index in [0.29, 0.717) is 18.1 Å². The lowest BCUT2D eigenvalue weighted by Crippen LogP contribution is -2.26. The average Bonchev–Trinajstić information content (AvgIpc) is 2.93. The van der Waals surface area contributed by atoms with Gasteiger partial charge in [0.1, 0.15) is 0 Å². The van der Waals surface area contributed by atoms with Gasteiger partial charge in [-0.1, -0.05) is 11.6 Å². The summed E-state index contributed by atoms with van der Waals surface area (Å²) in [5.74, 6) is 0. The quantitative estimate of drug-likeness (QED) is 0.762. The molecule has 0 unspecified atom stereocenters. The molecule has 2 heterocycles. The summed E-state index contributed by atoms with van der Waals surface area (Å²) in [5.41, 5.74) is 0. The number of benzene rings is 1. The summed E-state index contributed by atoms with van der Waals surface area (Å²) in [6, 6.07) is 5.85. The molecule has 1 saturated heterocycles. The smallest absolute Gasteiger partial charge is 0.302 e. The van der Waals surface area contributed by atoms with E-state index in [1.807, 2.05) is 23.1 Å². The largest absolute Gasteiger partial charge is 0.390 e. The number of rotatable bonds is 4. The Bertz CT molecular complexity index is 693. The molecule has 2 aromatic rings. The summed E-state index contributed by atoms with van der Waals surface area (Å²) in [5, 5.41) is 3.00. The first kappa shape index (κ1) is 16.9. The van der Waals surface area contributed by atoms with Crippen molar-refractivity contribution < 1.29 is 13.2 Å². The van der Waals surface area contributed by atoms with Crippen molar-refractivity contribution in [2.75, 3.05) is 19.6 Å². The first-order valence-corrected chi connectivity index (χ1v) is 8.65. The second-order valence-electron chi connectivity index (χ2n) is 5.70. The van der Waals surface area contributed by atoms with E-state index in [9.17, 15) is 13.2 Å². The fourth-order valence-electron chi connectivity index (χ4n) is 2.74. The molecule has 1 atom stereocenters. The molecule has 124 valence electrons. The molecule has 0 spiro atoms. The number of alkyl halides is 3. The van der Waals surface area contributed by atoms with E-state index in [1.54, 1.807) is 24.2 Å². The van der Waals surface area contributed by atoms with Gasteiger partial charge < -0.3 is 4.90 Å². The number of fused-ring (bicyclic) bond motifs is 1. The van der Waals surface area contributed by atoms with Crippen LogP contribution in [0.1, 0.15) is 12.8 Å². The number of halogens is 4. The van der Waals surface area contributed by atoms with Crippen LogP contribution in [0.5, 0.6) is 0 Å². The van der Waals surface area contributed by atoms with Gasteiger partial charge in [-0.15, -0.1) is 11.8 Å². The highest BCUT2D eigenvalue weighted by molar-refractivity contribution is 8.00. The minimum Gasteiger partial charge on any atom is -0.302 e. The fraction of sp³-hybridized carbons (Fsp3) is 0.438. The number of likely N-dealkylation sites (tertiary alicyclic amines) is 1. The maximum absolute atomic E-state index is 12.3. The van der Waals surface area contributed by atoms with Gasteiger partial charge in [0.05, 0.1) is 11.4 Å². The van der Waals surface area contributed by atoms with Crippen LogP contribution < -0.4 is 0 Å².